The summed E-state index contributed by atoms with van der Waals surface area (Å²) in [6.45, 7) is 16.8. The Balaban J connectivity index is 1.26. The Kier molecular flexibility index (Phi) is 7.78. The van der Waals surface area contributed by atoms with E-state index in [1.807, 2.05) is 0 Å². The molecule has 0 bridgehead atoms. The second-order valence-corrected chi connectivity index (χ2v) is 18.3. The number of fused-ring (bicyclic) bond motifs is 7. The summed E-state index contributed by atoms with van der Waals surface area (Å²) in [5.41, 5.74) is 2.22. The molecule has 5 aliphatic carbocycles. The van der Waals surface area contributed by atoms with Gasteiger partial charge in [-0.25, -0.2) is 4.79 Å². The van der Waals surface area contributed by atoms with Crippen LogP contribution in [0.1, 0.15) is 119 Å². The average molecular weight is 641 g/mol. The first kappa shape index (κ1) is 32.8. The molecule has 45 heavy (non-hydrogen) atoms. The summed E-state index contributed by atoms with van der Waals surface area (Å²) in [5, 5.41) is 5.45. The number of hydrogen-bond acceptors (Lipinski definition) is 8. The standard InChI is InChI=1S/C36H52N2O6S/c1-31(2)15-17-36(29(41)43-8)18-16-34(6)21(22(36)20-31)9-10-25-33(5)13-12-26(32(3,4)24(33)11-14-35(25,34)7)38-44-27(39)19-23-28(40)37-30(42)45-23/h9,22-25H,10-20H2,1-8H3,(H,37,40,42)/b38-26-/t22-,23-,24-,25+,33-,34+,35+,36-/m0/s1. The van der Waals surface area contributed by atoms with Gasteiger partial charge < -0.3 is 9.57 Å². The number of amides is 2. The number of carbonyl (C=O) groups is 4. The molecule has 0 radical (unpaired) electrons. The summed E-state index contributed by atoms with van der Waals surface area (Å²) in [5.74, 6) is 0.0713. The number of allylic oxidation sites excluding steroid dienone is 2. The highest BCUT2D eigenvalue weighted by Crippen LogP contribution is 2.75. The largest absolute Gasteiger partial charge is 0.469 e. The Morgan fingerprint density at radius 2 is 1.69 bits per heavy atom. The lowest BCUT2D eigenvalue weighted by Gasteiger charge is -2.70. The molecular weight excluding hydrogens is 588 g/mol. The van der Waals surface area contributed by atoms with Gasteiger partial charge in [0.05, 0.1) is 24.7 Å². The predicted molar refractivity (Wildman–Crippen MR) is 174 cm³/mol. The van der Waals surface area contributed by atoms with E-state index in [1.165, 1.54) is 5.57 Å². The van der Waals surface area contributed by atoms with Crippen molar-refractivity contribution >= 4 is 40.6 Å². The molecule has 248 valence electrons. The number of carbonyl (C=O) groups excluding carboxylic acids is 4. The summed E-state index contributed by atoms with van der Waals surface area (Å²) >= 11 is 0.827. The van der Waals surface area contributed by atoms with Gasteiger partial charge in [0.1, 0.15) is 5.25 Å². The zero-order valence-electron chi connectivity index (χ0n) is 28.5. The van der Waals surface area contributed by atoms with Gasteiger partial charge in [-0.3, -0.25) is 19.7 Å². The molecular formula is C36H52N2O6S. The number of hydrogen-bond donors (Lipinski definition) is 1. The van der Waals surface area contributed by atoms with E-state index < -0.39 is 27.8 Å². The number of ether oxygens (including phenoxy) is 1. The van der Waals surface area contributed by atoms with Gasteiger partial charge in [-0.15, -0.1) is 0 Å². The van der Waals surface area contributed by atoms with Crippen molar-refractivity contribution in [3.05, 3.63) is 11.6 Å². The molecule has 5 fully saturated rings. The van der Waals surface area contributed by atoms with E-state index in [0.29, 0.717) is 11.8 Å². The van der Waals surface area contributed by atoms with E-state index in [-0.39, 0.29) is 45.4 Å². The Labute approximate surface area is 272 Å². The van der Waals surface area contributed by atoms with Crippen LogP contribution in [0.5, 0.6) is 0 Å². The van der Waals surface area contributed by atoms with Gasteiger partial charge in [-0.05, 0) is 104 Å². The van der Waals surface area contributed by atoms with Gasteiger partial charge in [-0.1, -0.05) is 77.0 Å². The minimum Gasteiger partial charge on any atom is -0.469 e. The van der Waals surface area contributed by atoms with Crippen LogP contribution < -0.4 is 5.32 Å². The maximum absolute atomic E-state index is 13.5. The molecule has 6 aliphatic rings. The molecule has 0 spiro atoms. The molecule has 8 atom stereocenters. The first-order chi connectivity index (χ1) is 20.9. The smallest absolute Gasteiger partial charge is 0.336 e. The number of esters is 1. The second kappa shape index (κ2) is 10.7. The van der Waals surface area contributed by atoms with E-state index >= 15 is 0 Å². The Morgan fingerprint density at radius 3 is 2.36 bits per heavy atom. The molecule has 6 rings (SSSR count). The van der Waals surface area contributed by atoms with Crippen molar-refractivity contribution in [1.82, 2.24) is 5.32 Å². The first-order valence-electron chi connectivity index (χ1n) is 17.0. The number of rotatable bonds is 4. The van der Waals surface area contributed by atoms with Crippen LogP contribution in [0.2, 0.25) is 0 Å². The average Bonchev–Trinajstić information content (AvgIpc) is 3.27. The molecule has 0 aromatic carbocycles. The third-order valence-corrected chi connectivity index (χ3v) is 15.4. The van der Waals surface area contributed by atoms with Crippen molar-refractivity contribution in [1.29, 1.82) is 0 Å². The molecule has 1 N–H and O–H groups in total. The zero-order chi connectivity index (χ0) is 32.8. The third-order valence-electron chi connectivity index (χ3n) is 14.4. The Bertz CT molecular complexity index is 1380. The van der Waals surface area contributed by atoms with Crippen molar-refractivity contribution in [3.8, 4) is 0 Å². The van der Waals surface area contributed by atoms with E-state index in [0.717, 1.165) is 81.7 Å². The topological polar surface area (TPSA) is 111 Å². The predicted octanol–water partition coefficient (Wildman–Crippen LogP) is 7.60. The SMILES string of the molecule is COC(=O)[C@]12CCC(C)(C)C[C@H]1C1=CC[C@@H]3[C@@]4(C)CC/C(=N/OC(=O)C[C@@H]5SC(=O)NC5=O)C(C)(C)[C@@H]4CC[C@@]3(C)[C@]1(C)CC2. The third kappa shape index (κ3) is 4.78. The fraction of sp³-hybridized carbons (Fsp3) is 0.806. The van der Waals surface area contributed by atoms with E-state index in [9.17, 15) is 19.2 Å². The number of imide groups is 1. The summed E-state index contributed by atoms with van der Waals surface area (Å²) in [6.07, 6.45) is 12.3. The molecule has 0 unspecified atom stereocenters. The van der Waals surface area contributed by atoms with Crippen molar-refractivity contribution in [2.24, 2.45) is 55.4 Å². The van der Waals surface area contributed by atoms with Crippen LogP contribution >= 0.6 is 11.8 Å². The molecule has 8 nitrogen and oxygen atoms in total. The minimum absolute atomic E-state index is 0.00537. The normalized spacial score (nSPS) is 44.0. The van der Waals surface area contributed by atoms with Gasteiger partial charge in [0, 0.05) is 5.41 Å². The van der Waals surface area contributed by atoms with E-state index in [2.05, 4.69) is 65.0 Å². The van der Waals surface area contributed by atoms with Crippen molar-refractivity contribution < 1.29 is 28.8 Å². The van der Waals surface area contributed by atoms with Gasteiger partial charge in [0.2, 0.25) is 5.91 Å². The molecule has 1 aliphatic heterocycles. The maximum atomic E-state index is 13.5. The van der Waals surface area contributed by atoms with Crippen LogP contribution in [0.15, 0.2) is 16.8 Å². The lowest BCUT2D eigenvalue weighted by atomic mass is 9.33. The van der Waals surface area contributed by atoms with Crippen molar-refractivity contribution in [3.63, 3.8) is 0 Å². The minimum atomic E-state index is -0.758. The number of thioether (sulfide) groups is 1. The first-order valence-corrected chi connectivity index (χ1v) is 17.9. The number of nitrogens with one attached hydrogen (secondary N) is 1. The number of oxime groups is 1. The van der Waals surface area contributed by atoms with Crippen molar-refractivity contribution in [2.45, 2.75) is 124 Å². The number of methoxy groups -OCH3 is 1. The van der Waals surface area contributed by atoms with Crippen LogP contribution in [0.25, 0.3) is 0 Å². The zero-order valence-corrected chi connectivity index (χ0v) is 29.3. The molecule has 0 aromatic heterocycles. The van der Waals surface area contributed by atoms with Crippen LogP contribution in [-0.4, -0.2) is 41.2 Å². The van der Waals surface area contributed by atoms with E-state index in [1.54, 1.807) is 7.11 Å². The lowest BCUT2D eigenvalue weighted by Crippen LogP contribution is -2.64. The lowest BCUT2D eigenvalue weighted by molar-refractivity contribution is -0.181. The Hall–Kier alpha value is -2.16. The highest BCUT2D eigenvalue weighted by Gasteiger charge is 2.69. The fourth-order valence-electron chi connectivity index (χ4n) is 11.6. The van der Waals surface area contributed by atoms with Crippen LogP contribution in [-0.2, 0) is 24.0 Å². The summed E-state index contributed by atoms with van der Waals surface area (Å²) < 4.78 is 5.52. The van der Waals surface area contributed by atoms with Gasteiger partial charge in [0.15, 0.2) is 0 Å². The molecule has 1 heterocycles. The fourth-order valence-corrected chi connectivity index (χ4v) is 12.4. The Morgan fingerprint density at radius 1 is 0.978 bits per heavy atom. The molecule has 1 saturated heterocycles. The van der Waals surface area contributed by atoms with Crippen LogP contribution in [0, 0.1) is 50.2 Å². The summed E-state index contributed by atoms with van der Waals surface area (Å²) in [7, 11) is 1.56. The highest BCUT2D eigenvalue weighted by atomic mass is 32.2. The molecule has 0 aromatic rings. The summed E-state index contributed by atoms with van der Waals surface area (Å²) in [4.78, 5) is 54.9. The quantitative estimate of drug-likeness (QED) is 0.146. The van der Waals surface area contributed by atoms with Gasteiger partial charge >= 0.3 is 11.9 Å². The molecule has 2 amide bonds. The summed E-state index contributed by atoms with van der Waals surface area (Å²) in [6, 6.07) is 0. The maximum Gasteiger partial charge on any atom is 0.336 e. The van der Waals surface area contributed by atoms with E-state index in [4.69, 9.17) is 9.57 Å². The second-order valence-electron chi connectivity index (χ2n) is 17.2. The van der Waals surface area contributed by atoms with Gasteiger partial charge in [0.25, 0.3) is 5.24 Å². The monoisotopic (exact) mass is 640 g/mol. The van der Waals surface area contributed by atoms with Crippen LogP contribution in [0.3, 0.4) is 0 Å². The number of nitrogens with zero attached hydrogens (tertiary/aromatic N) is 1. The highest BCUT2D eigenvalue weighted by molar-refractivity contribution is 8.15. The van der Waals surface area contributed by atoms with Crippen molar-refractivity contribution in [2.75, 3.05) is 7.11 Å². The van der Waals surface area contributed by atoms with Gasteiger partial charge in [-0.2, -0.15) is 0 Å². The molecule has 4 saturated carbocycles. The molecule has 9 heteroatoms. The van der Waals surface area contributed by atoms with Crippen LogP contribution in [0.4, 0.5) is 4.79 Å².